The molecule has 2 aliphatic heterocycles. The maximum Gasteiger partial charge on any atom is 0.267 e. The molecule has 22 heavy (non-hydrogen) atoms. The Morgan fingerprint density at radius 2 is 1.95 bits per heavy atom. The Labute approximate surface area is 129 Å². The van der Waals surface area contributed by atoms with E-state index in [-0.39, 0.29) is 6.54 Å². The number of allylic oxidation sites excluding steroid dienone is 4. The molecule has 1 aliphatic carbocycles. The predicted molar refractivity (Wildman–Crippen MR) is 81.7 cm³/mol. The highest BCUT2D eigenvalue weighted by Gasteiger charge is 2.47. The number of piperidine rings is 2. The van der Waals surface area contributed by atoms with Crippen LogP contribution in [0, 0.1) is 10.8 Å². The molecule has 0 radical (unpaired) electrons. The molecule has 3 rings (SSSR count). The Morgan fingerprint density at radius 1 is 1.18 bits per heavy atom. The van der Waals surface area contributed by atoms with E-state index in [2.05, 4.69) is 10.5 Å². The number of likely N-dealkylation sites (tertiary alicyclic amines) is 1. The van der Waals surface area contributed by atoms with E-state index in [1.54, 1.807) is 12.2 Å². The number of nitrogens with one attached hydrogen (secondary N) is 1. The van der Waals surface area contributed by atoms with Gasteiger partial charge in [-0.1, -0.05) is 11.6 Å². The monoisotopic (exact) mass is 311 g/mol. The fourth-order valence-corrected chi connectivity index (χ4v) is 3.92. The largest absolute Gasteiger partial charge is 0.317 e. The first-order valence-corrected chi connectivity index (χ1v) is 8.16. The average molecular weight is 311 g/mol. The van der Waals surface area contributed by atoms with Gasteiger partial charge in [-0.2, -0.15) is 0 Å². The molecule has 1 N–H and O–H groups in total. The number of alkyl halides is 2. The SMILES string of the molecule is O=NC1=CC=C(C2CCN(C3CCNCC3)CC2(F)F)CC1. The van der Waals surface area contributed by atoms with Crippen molar-refractivity contribution in [2.24, 2.45) is 11.1 Å². The van der Waals surface area contributed by atoms with E-state index in [4.69, 9.17) is 0 Å². The van der Waals surface area contributed by atoms with Crippen molar-refractivity contribution in [3.8, 4) is 0 Å². The Balaban J connectivity index is 1.67. The second-order valence-corrected chi connectivity index (χ2v) is 6.54. The molecule has 3 aliphatic rings. The standard InChI is InChI=1S/C16H23F2N3O/c17-16(18)11-21(14-5-8-19-9-6-14)10-7-15(16)12-1-3-13(20-22)4-2-12/h1,3,14-15,19H,2,4-11H2. The summed E-state index contributed by atoms with van der Waals surface area (Å²) in [5.41, 5.74) is 1.24. The summed E-state index contributed by atoms with van der Waals surface area (Å²) in [6.45, 7) is 2.45. The minimum Gasteiger partial charge on any atom is -0.317 e. The van der Waals surface area contributed by atoms with Crippen LogP contribution in [-0.4, -0.2) is 43.0 Å². The van der Waals surface area contributed by atoms with Crippen molar-refractivity contribution in [3.05, 3.63) is 28.3 Å². The van der Waals surface area contributed by atoms with Crippen molar-refractivity contribution in [2.75, 3.05) is 26.2 Å². The lowest BCUT2D eigenvalue weighted by atomic mass is 9.81. The third-order valence-corrected chi connectivity index (χ3v) is 5.18. The molecule has 6 heteroatoms. The molecule has 0 saturated carbocycles. The number of hydrogen-bond donors (Lipinski definition) is 1. The maximum absolute atomic E-state index is 14.6. The highest BCUT2D eigenvalue weighted by Crippen LogP contribution is 2.41. The molecular formula is C16H23F2N3O. The van der Waals surface area contributed by atoms with Gasteiger partial charge in [-0.15, -0.1) is 4.91 Å². The van der Waals surface area contributed by atoms with E-state index in [1.807, 2.05) is 4.90 Å². The second-order valence-electron chi connectivity index (χ2n) is 6.54. The Kier molecular flexibility index (Phi) is 4.68. The van der Waals surface area contributed by atoms with Crippen LogP contribution in [0.25, 0.3) is 0 Å². The summed E-state index contributed by atoms with van der Waals surface area (Å²) in [6.07, 6.45) is 6.73. The lowest BCUT2D eigenvalue weighted by molar-refractivity contribution is -0.110. The summed E-state index contributed by atoms with van der Waals surface area (Å²) < 4.78 is 29.3. The molecule has 0 aromatic carbocycles. The number of nitrogens with zero attached hydrogens (tertiary/aromatic N) is 2. The van der Waals surface area contributed by atoms with Crippen molar-refractivity contribution in [1.82, 2.24) is 10.2 Å². The smallest absolute Gasteiger partial charge is 0.267 e. The molecule has 0 aromatic heterocycles. The first-order chi connectivity index (χ1) is 10.6. The van der Waals surface area contributed by atoms with Gasteiger partial charge < -0.3 is 5.32 Å². The van der Waals surface area contributed by atoms with E-state index in [0.717, 1.165) is 38.0 Å². The number of halogens is 2. The molecule has 0 spiro atoms. The van der Waals surface area contributed by atoms with E-state index in [9.17, 15) is 13.7 Å². The van der Waals surface area contributed by atoms with E-state index >= 15 is 0 Å². The van der Waals surface area contributed by atoms with Gasteiger partial charge in [0.1, 0.15) is 0 Å². The first kappa shape index (κ1) is 15.7. The highest BCUT2D eigenvalue weighted by molar-refractivity contribution is 5.27. The molecule has 2 saturated heterocycles. The van der Waals surface area contributed by atoms with Crippen LogP contribution in [0.5, 0.6) is 0 Å². The fourth-order valence-electron chi connectivity index (χ4n) is 3.92. The summed E-state index contributed by atoms with van der Waals surface area (Å²) in [7, 11) is 0. The van der Waals surface area contributed by atoms with Crippen LogP contribution in [0.2, 0.25) is 0 Å². The topological polar surface area (TPSA) is 44.7 Å². The van der Waals surface area contributed by atoms with Crippen molar-refractivity contribution >= 4 is 0 Å². The summed E-state index contributed by atoms with van der Waals surface area (Å²) in [5, 5.41) is 6.18. The normalized spacial score (nSPS) is 30.5. The molecule has 1 unspecified atom stereocenters. The Hall–Kier alpha value is -1.14. The van der Waals surface area contributed by atoms with Crippen LogP contribution in [0.4, 0.5) is 8.78 Å². The molecule has 2 fully saturated rings. The highest BCUT2D eigenvalue weighted by atomic mass is 19.3. The zero-order chi connectivity index (χ0) is 15.6. The van der Waals surface area contributed by atoms with Gasteiger partial charge in [0.05, 0.1) is 12.2 Å². The molecule has 4 nitrogen and oxygen atoms in total. The fraction of sp³-hybridized carbons (Fsp3) is 0.750. The second kappa shape index (κ2) is 6.54. The zero-order valence-electron chi connectivity index (χ0n) is 12.7. The summed E-state index contributed by atoms with van der Waals surface area (Å²) >= 11 is 0. The summed E-state index contributed by atoms with van der Waals surface area (Å²) in [6, 6.07) is 0.291. The van der Waals surface area contributed by atoms with Gasteiger partial charge in [0.25, 0.3) is 5.92 Å². The van der Waals surface area contributed by atoms with E-state index in [0.29, 0.717) is 31.0 Å². The summed E-state index contributed by atoms with van der Waals surface area (Å²) in [5.74, 6) is -3.37. The predicted octanol–water partition coefficient (Wildman–Crippen LogP) is 3.07. The van der Waals surface area contributed by atoms with E-state index < -0.39 is 11.8 Å². The van der Waals surface area contributed by atoms with Crippen LogP contribution in [0.15, 0.2) is 28.6 Å². The molecule has 2 heterocycles. The molecular weight excluding hydrogens is 288 g/mol. The lowest BCUT2D eigenvalue weighted by Gasteiger charge is -2.44. The van der Waals surface area contributed by atoms with Crippen LogP contribution < -0.4 is 5.32 Å². The summed E-state index contributed by atoms with van der Waals surface area (Å²) in [4.78, 5) is 12.5. The minimum absolute atomic E-state index is 0.137. The van der Waals surface area contributed by atoms with Gasteiger partial charge in [0, 0.05) is 12.0 Å². The van der Waals surface area contributed by atoms with Crippen LogP contribution in [-0.2, 0) is 0 Å². The minimum atomic E-state index is -2.69. The van der Waals surface area contributed by atoms with Gasteiger partial charge in [-0.05, 0) is 63.0 Å². The molecule has 122 valence electrons. The quantitative estimate of drug-likeness (QED) is 0.815. The van der Waals surface area contributed by atoms with Crippen LogP contribution in [0.1, 0.15) is 32.1 Å². The average Bonchev–Trinajstić information content (AvgIpc) is 2.55. The van der Waals surface area contributed by atoms with Gasteiger partial charge in [-0.3, -0.25) is 4.90 Å². The van der Waals surface area contributed by atoms with Gasteiger partial charge in [0.2, 0.25) is 0 Å². The molecule has 0 aromatic rings. The Bertz CT molecular complexity index is 484. The van der Waals surface area contributed by atoms with Gasteiger partial charge in [-0.25, -0.2) is 8.78 Å². The van der Waals surface area contributed by atoms with E-state index in [1.165, 1.54) is 0 Å². The first-order valence-electron chi connectivity index (χ1n) is 8.16. The Morgan fingerprint density at radius 3 is 2.55 bits per heavy atom. The zero-order valence-corrected chi connectivity index (χ0v) is 12.7. The van der Waals surface area contributed by atoms with Crippen LogP contribution >= 0.6 is 0 Å². The van der Waals surface area contributed by atoms with Crippen molar-refractivity contribution in [3.63, 3.8) is 0 Å². The number of nitroso groups, excluding NO2 is 1. The molecule has 0 bridgehead atoms. The molecule has 1 atom stereocenters. The number of rotatable bonds is 3. The van der Waals surface area contributed by atoms with Crippen LogP contribution in [0.3, 0.4) is 0 Å². The number of hydrogen-bond acceptors (Lipinski definition) is 4. The molecule has 0 amide bonds. The maximum atomic E-state index is 14.6. The third kappa shape index (κ3) is 3.27. The van der Waals surface area contributed by atoms with Crippen molar-refractivity contribution in [2.45, 2.75) is 44.1 Å². The van der Waals surface area contributed by atoms with Crippen molar-refractivity contribution in [1.29, 1.82) is 0 Å². The third-order valence-electron chi connectivity index (χ3n) is 5.18. The van der Waals surface area contributed by atoms with Crippen molar-refractivity contribution < 1.29 is 8.78 Å². The van der Waals surface area contributed by atoms with Gasteiger partial charge >= 0.3 is 0 Å². The lowest BCUT2D eigenvalue weighted by Crippen LogP contribution is -2.54. The van der Waals surface area contributed by atoms with Gasteiger partial charge in [0.15, 0.2) is 0 Å².